The molecule has 0 atom stereocenters. The molecule has 0 aromatic heterocycles. The fourth-order valence-electron chi connectivity index (χ4n) is 3.51. The van der Waals surface area contributed by atoms with Crippen LogP contribution in [0.15, 0.2) is 60.7 Å². The largest absolute Gasteiger partial charge is 0.483 e. The normalized spacial score (nSPS) is 10.6. The van der Waals surface area contributed by atoms with Crippen LogP contribution in [0.5, 0.6) is 5.75 Å². The van der Waals surface area contributed by atoms with E-state index < -0.39 is 11.8 Å². The van der Waals surface area contributed by atoms with Gasteiger partial charge in [-0.2, -0.15) is 0 Å². The van der Waals surface area contributed by atoms with E-state index in [2.05, 4.69) is 36.1 Å². The molecular weight excluding hydrogens is 414 g/mol. The molecule has 0 fully saturated rings. The zero-order valence-electron chi connectivity index (χ0n) is 19.8. The number of aryl methyl sites for hydroxylation is 3. The summed E-state index contributed by atoms with van der Waals surface area (Å²) in [6.45, 7) is 9.96. The van der Waals surface area contributed by atoms with Crippen LogP contribution in [-0.2, 0) is 4.79 Å². The lowest BCUT2D eigenvalue weighted by Gasteiger charge is -2.16. The molecule has 0 heterocycles. The minimum atomic E-state index is -0.445. The molecule has 0 aliphatic carbocycles. The van der Waals surface area contributed by atoms with Gasteiger partial charge in [0.05, 0.1) is 11.3 Å². The number of hydrazine groups is 1. The zero-order chi connectivity index (χ0) is 24.0. The highest BCUT2D eigenvalue weighted by Crippen LogP contribution is 2.27. The Labute approximate surface area is 195 Å². The molecule has 0 aliphatic rings. The fourth-order valence-corrected chi connectivity index (χ4v) is 3.51. The number of anilines is 2. The van der Waals surface area contributed by atoms with E-state index in [9.17, 15) is 9.59 Å². The van der Waals surface area contributed by atoms with Crippen LogP contribution in [0.25, 0.3) is 0 Å². The van der Waals surface area contributed by atoms with Crippen LogP contribution >= 0.6 is 0 Å². The van der Waals surface area contributed by atoms with Gasteiger partial charge in [0.1, 0.15) is 5.75 Å². The molecule has 172 valence electrons. The maximum atomic E-state index is 12.8. The lowest BCUT2D eigenvalue weighted by atomic mass is 10.0. The third-order valence-corrected chi connectivity index (χ3v) is 5.29. The molecule has 3 N–H and O–H groups in total. The van der Waals surface area contributed by atoms with Gasteiger partial charge >= 0.3 is 0 Å². The average Bonchev–Trinajstić information content (AvgIpc) is 2.78. The monoisotopic (exact) mass is 445 g/mol. The van der Waals surface area contributed by atoms with Crippen molar-refractivity contribution in [2.75, 3.05) is 11.9 Å². The van der Waals surface area contributed by atoms with Crippen molar-refractivity contribution in [1.29, 1.82) is 0 Å². The van der Waals surface area contributed by atoms with Crippen molar-refractivity contribution in [3.63, 3.8) is 0 Å². The van der Waals surface area contributed by atoms with Crippen molar-refractivity contribution >= 4 is 23.2 Å². The molecule has 0 saturated heterocycles. The molecule has 0 unspecified atom stereocenters. The summed E-state index contributed by atoms with van der Waals surface area (Å²) in [7, 11) is 0. The standard InChI is InChI=1S/C27H31N3O3/c1-17(2)21-12-10-19(4)15-25(21)33-16-26(31)29-30-27(32)22-8-6-7-9-24(22)28-23-13-11-18(3)14-20(23)5/h6-15,17,28H,16H2,1-5H3,(H,29,31)(H,30,32). The Hall–Kier alpha value is -3.80. The summed E-state index contributed by atoms with van der Waals surface area (Å²) >= 11 is 0. The number of ether oxygens (including phenoxy) is 1. The second-order valence-corrected chi connectivity index (χ2v) is 8.48. The van der Waals surface area contributed by atoms with Crippen LogP contribution in [-0.4, -0.2) is 18.4 Å². The van der Waals surface area contributed by atoms with Gasteiger partial charge in [0.2, 0.25) is 0 Å². The summed E-state index contributed by atoms with van der Waals surface area (Å²) in [5.74, 6) is 0.0769. The summed E-state index contributed by atoms with van der Waals surface area (Å²) in [4.78, 5) is 25.1. The molecule has 3 rings (SSSR count). The van der Waals surface area contributed by atoms with Crippen molar-refractivity contribution in [3.05, 3.63) is 88.5 Å². The highest BCUT2D eigenvalue weighted by atomic mass is 16.5. The number of carbonyl (C=O) groups is 2. The number of carbonyl (C=O) groups excluding carboxylic acids is 2. The van der Waals surface area contributed by atoms with Gasteiger partial charge in [0, 0.05) is 5.69 Å². The molecule has 0 bridgehead atoms. The van der Waals surface area contributed by atoms with Crippen LogP contribution < -0.4 is 20.9 Å². The highest BCUT2D eigenvalue weighted by Gasteiger charge is 2.14. The third kappa shape index (κ3) is 6.35. The summed E-state index contributed by atoms with van der Waals surface area (Å²) in [6.07, 6.45) is 0. The van der Waals surface area contributed by atoms with Gasteiger partial charge in [0.15, 0.2) is 6.61 Å². The van der Waals surface area contributed by atoms with Crippen molar-refractivity contribution in [2.45, 2.75) is 40.5 Å². The molecular formula is C27H31N3O3. The Morgan fingerprint density at radius 3 is 2.27 bits per heavy atom. The highest BCUT2D eigenvalue weighted by molar-refractivity contribution is 6.01. The van der Waals surface area contributed by atoms with Crippen molar-refractivity contribution in [2.24, 2.45) is 0 Å². The summed E-state index contributed by atoms with van der Waals surface area (Å²) in [6, 6.07) is 19.2. The lowest BCUT2D eigenvalue weighted by molar-refractivity contribution is -0.123. The van der Waals surface area contributed by atoms with Gasteiger partial charge in [-0.05, 0) is 67.6 Å². The second-order valence-electron chi connectivity index (χ2n) is 8.48. The molecule has 0 spiro atoms. The Morgan fingerprint density at radius 2 is 1.55 bits per heavy atom. The van der Waals surface area contributed by atoms with Gasteiger partial charge in [0.25, 0.3) is 11.8 Å². The first-order chi connectivity index (χ1) is 15.7. The van der Waals surface area contributed by atoms with Gasteiger partial charge < -0.3 is 10.1 Å². The van der Waals surface area contributed by atoms with E-state index in [1.54, 1.807) is 12.1 Å². The molecule has 0 aliphatic heterocycles. The fraction of sp³-hybridized carbons (Fsp3) is 0.259. The molecule has 2 amide bonds. The molecule has 6 heteroatoms. The number of hydrogen-bond acceptors (Lipinski definition) is 4. The van der Waals surface area contributed by atoms with E-state index >= 15 is 0 Å². The Morgan fingerprint density at radius 1 is 0.848 bits per heavy atom. The minimum Gasteiger partial charge on any atom is -0.483 e. The van der Waals surface area contributed by atoms with Crippen molar-refractivity contribution in [1.82, 2.24) is 10.9 Å². The number of para-hydroxylation sites is 1. The molecule has 6 nitrogen and oxygen atoms in total. The van der Waals surface area contributed by atoms with E-state index in [0.29, 0.717) is 17.0 Å². The zero-order valence-corrected chi connectivity index (χ0v) is 19.8. The van der Waals surface area contributed by atoms with Crippen LogP contribution in [0.1, 0.15) is 52.4 Å². The lowest BCUT2D eigenvalue weighted by Crippen LogP contribution is -2.44. The predicted octanol–water partition coefficient (Wildman–Crippen LogP) is 5.32. The van der Waals surface area contributed by atoms with E-state index in [1.807, 2.05) is 63.2 Å². The molecule has 3 aromatic carbocycles. The van der Waals surface area contributed by atoms with Gasteiger partial charge in [-0.15, -0.1) is 0 Å². The molecule has 0 radical (unpaired) electrons. The summed E-state index contributed by atoms with van der Waals surface area (Å²) in [5.41, 5.74) is 11.2. The number of benzene rings is 3. The van der Waals surface area contributed by atoms with E-state index in [0.717, 1.165) is 22.4 Å². The van der Waals surface area contributed by atoms with Crippen LogP contribution in [0.2, 0.25) is 0 Å². The Balaban J connectivity index is 1.61. The molecule has 0 saturated carbocycles. The number of nitrogens with one attached hydrogen (secondary N) is 3. The third-order valence-electron chi connectivity index (χ3n) is 5.29. The van der Waals surface area contributed by atoms with Crippen LogP contribution in [0.4, 0.5) is 11.4 Å². The maximum absolute atomic E-state index is 12.8. The van der Waals surface area contributed by atoms with Gasteiger partial charge in [-0.3, -0.25) is 20.4 Å². The predicted molar refractivity (Wildman–Crippen MR) is 132 cm³/mol. The Bertz CT molecular complexity index is 1160. The summed E-state index contributed by atoms with van der Waals surface area (Å²) < 4.78 is 5.73. The first kappa shape index (κ1) is 23.9. The molecule has 33 heavy (non-hydrogen) atoms. The first-order valence-corrected chi connectivity index (χ1v) is 11.0. The minimum absolute atomic E-state index is 0.202. The maximum Gasteiger partial charge on any atom is 0.276 e. The second kappa shape index (κ2) is 10.7. The number of rotatable bonds is 7. The van der Waals surface area contributed by atoms with Crippen LogP contribution in [0.3, 0.4) is 0 Å². The smallest absolute Gasteiger partial charge is 0.276 e. The quantitative estimate of drug-likeness (QED) is 0.430. The van der Waals surface area contributed by atoms with Gasteiger partial charge in [-0.25, -0.2) is 0 Å². The van der Waals surface area contributed by atoms with E-state index in [-0.39, 0.29) is 12.5 Å². The van der Waals surface area contributed by atoms with Crippen LogP contribution in [0, 0.1) is 20.8 Å². The van der Waals surface area contributed by atoms with Crippen molar-refractivity contribution < 1.29 is 14.3 Å². The van der Waals surface area contributed by atoms with E-state index in [1.165, 1.54) is 5.56 Å². The van der Waals surface area contributed by atoms with E-state index in [4.69, 9.17) is 4.74 Å². The SMILES string of the molecule is Cc1ccc(Nc2ccccc2C(=O)NNC(=O)COc2cc(C)ccc2C(C)C)c(C)c1. The number of hydrogen-bond donors (Lipinski definition) is 3. The topological polar surface area (TPSA) is 79.5 Å². The first-order valence-electron chi connectivity index (χ1n) is 11.0. The number of amides is 2. The molecule has 3 aromatic rings. The van der Waals surface area contributed by atoms with Gasteiger partial charge in [-0.1, -0.05) is 55.8 Å². The Kier molecular flexibility index (Phi) is 7.72. The van der Waals surface area contributed by atoms with Crippen molar-refractivity contribution in [3.8, 4) is 5.75 Å². The average molecular weight is 446 g/mol. The summed E-state index contributed by atoms with van der Waals surface area (Å²) in [5, 5.41) is 3.31.